The Balaban J connectivity index is 2.18. The minimum Gasteiger partial charge on any atom is -0.322 e. The number of hydrogen-bond donors (Lipinski definition) is 1. The van der Waals surface area contributed by atoms with Crippen LogP contribution in [0.2, 0.25) is 5.02 Å². The first-order valence-electron chi connectivity index (χ1n) is 5.50. The van der Waals surface area contributed by atoms with Crippen LogP contribution in [0.5, 0.6) is 0 Å². The van der Waals surface area contributed by atoms with E-state index in [1.165, 1.54) is 18.2 Å². The number of benzene rings is 2. The average molecular weight is 296 g/mol. The normalized spacial score (nSPS) is 10.3. The number of thioether (sulfide) groups is 1. The zero-order chi connectivity index (χ0) is 13.8. The second kappa shape index (κ2) is 6.08. The molecule has 98 valence electrons. The van der Waals surface area contributed by atoms with Crippen LogP contribution in [0.4, 0.5) is 10.1 Å². The van der Waals surface area contributed by atoms with Crippen LogP contribution in [0.25, 0.3) is 0 Å². The van der Waals surface area contributed by atoms with Crippen LogP contribution >= 0.6 is 23.4 Å². The molecule has 0 unspecified atom stereocenters. The monoisotopic (exact) mass is 295 g/mol. The molecule has 0 spiro atoms. The van der Waals surface area contributed by atoms with E-state index in [2.05, 4.69) is 5.32 Å². The summed E-state index contributed by atoms with van der Waals surface area (Å²) in [7, 11) is 0. The lowest BCUT2D eigenvalue weighted by Gasteiger charge is -2.07. The van der Waals surface area contributed by atoms with Gasteiger partial charge in [0.05, 0.1) is 5.56 Å². The van der Waals surface area contributed by atoms with Crippen LogP contribution < -0.4 is 5.32 Å². The van der Waals surface area contributed by atoms with Gasteiger partial charge in [-0.2, -0.15) is 0 Å². The Morgan fingerprint density at radius 1 is 1.21 bits per heavy atom. The summed E-state index contributed by atoms with van der Waals surface area (Å²) < 4.78 is 13.5. The van der Waals surface area contributed by atoms with Crippen LogP contribution in [-0.2, 0) is 0 Å². The Morgan fingerprint density at radius 3 is 2.53 bits per heavy atom. The van der Waals surface area contributed by atoms with E-state index in [4.69, 9.17) is 11.6 Å². The number of rotatable bonds is 3. The van der Waals surface area contributed by atoms with E-state index in [0.717, 1.165) is 4.90 Å². The van der Waals surface area contributed by atoms with Gasteiger partial charge in [-0.3, -0.25) is 4.79 Å². The molecule has 19 heavy (non-hydrogen) atoms. The van der Waals surface area contributed by atoms with Crippen molar-refractivity contribution in [1.29, 1.82) is 0 Å². The second-order valence-electron chi connectivity index (χ2n) is 3.81. The van der Waals surface area contributed by atoms with E-state index in [0.29, 0.717) is 10.7 Å². The van der Waals surface area contributed by atoms with Gasteiger partial charge in [-0.15, -0.1) is 11.8 Å². The van der Waals surface area contributed by atoms with Gasteiger partial charge < -0.3 is 5.32 Å². The molecular formula is C14H11ClFNOS. The van der Waals surface area contributed by atoms with E-state index in [9.17, 15) is 9.18 Å². The summed E-state index contributed by atoms with van der Waals surface area (Å²) >= 11 is 7.36. The second-order valence-corrected chi connectivity index (χ2v) is 5.12. The molecule has 0 aliphatic heterocycles. The highest BCUT2D eigenvalue weighted by Crippen LogP contribution is 2.19. The van der Waals surface area contributed by atoms with Gasteiger partial charge in [0.25, 0.3) is 5.91 Å². The Labute approximate surface area is 120 Å². The van der Waals surface area contributed by atoms with Crippen LogP contribution in [0.1, 0.15) is 10.4 Å². The summed E-state index contributed by atoms with van der Waals surface area (Å²) in [4.78, 5) is 13.0. The Hall–Kier alpha value is -1.52. The first kappa shape index (κ1) is 13.9. The predicted molar refractivity (Wildman–Crippen MR) is 77.6 cm³/mol. The number of halogens is 2. The van der Waals surface area contributed by atoms with E-state index >= 15 is 0 Å². The van der Waals surface area contributed by atoms with E-state index in [1.807, 2.05) is 18.4 Å². The summed E-state index contributed by atoms with van der Waals surface area (Å²) in [5.41, 5.74) is 0.545. The van der Waals surface area contributed by atoms with Gasteiger partial charge in [-0.1, -0.05) is 11.6 Å². The van der Waals surface area contributed by atoms with Gasteiger partial charge >= 0.3 is 0 Å². The van der Waals surface area contributed by atoms with Crippen molar-refractivity contribution in [2.45, 2.75) is 4.90 Å². The number of carbonyl (C=O) groups is 1. The first-order valence-corrected chi connectivity index (χ1v) is 7.11. The highest BCUT2D eigenvalue weighted by atomic mass is 35.5. The van der Waals surface area contributed by atoms with Crippen molar-refractivity contribution < 1.29 is 9.18 Å². The number of amides is 1. The molecule has 5 heteroatoms. The van der Waals surface area contributed by atoms with E-state index in [1.54, 1.807) is 23.9 Å². The van der Waals surface area contributed by atoms with Crippen LogP contribution in [0.15, 0.2) is 47.4 Å². The maximum Gasteiger partial charge on any atom is 0.258 e. The summed E-state index contributed by atoms with van der Waals surface area (Å²) in [6.45, 7) is 0. The molecule has 0 aromatic heterocycles. The fourth-order valence-corrected chi connectivity index (χ4v) is 2.12. The summed E-state index contributed by atoms with van der Waals surface area (Å²) in [5, 5.41) is 2.95. The molecule has 0 bridgehead atoms. The fraction of sp³-hybridized carbons (Fsp3) is 0.0714. The molecule has 1 amide bonds. The lowest BCUT2D eigenvalue weighted by molar-refractivity contribution is 0.102. The zero-order valence-corrected chi connectivity index (χ0v) is 11.7. The Kier molecular flexibility index (Phi) is 4.45. The average Bonchev–Trinajstić information content (AvgIpc) is 2.42. The summed E-state index contributed by atoms with van der Waals surface area (Å²) in [6.07, 6.45) is 1.97. The fourth-order valence-electron chi connectivity index (χ4n) is 1.54. The first-order chi connectivity index (χ1) is 9.10. The maximum atomic E-state index is 13.5. The Bertz CT molecular complexity index is 601. The molecule has 0 aliphatic carbocycles. The Morgan fingerprint density at radius 2 is 1.89 bits per heavy atom. The van der Waals surface area contributed by atoms with Crippen molar-refractivity contribution in [3.8, 4) is 0 Å². The maximum absolute atomic E-state index is 13.5. The van der Waals surface area contributed by atoms with Crippen molar-refractivity contribution in [2.75, 3.05) is 11.6 Å². The highest BCUT2D eigenvalue weighted by molar-refractivity contribution is 7.98. The third kappa shape index (κ3) is 3.49. The van der Waals surface area contributed by atoms with Gasteiger partial charge in [0.2, 0.25) is 0 Å². The lowest BCUT2D eigenvalue weighted by Crippen LogP contribution is -2.13. The molecule has 0 fully saturated rings. The minimum absolute atomic E-state index is 0.0681. The predicted octanol–water partition coefficient (Wildman–Crippen LogP) is 4.45. The largest absolute Gasteiger partial charge is 0.322 e. The highest BCUT2D eigenvalue weighted by Gasteiger charge is 2.12. The molecule has 2 aromatic carbocycles. The molecule has 0 saturated carbocycles. The van der Waals surface area contributed by atoms with Gasteiger partial charge in [0.15, 0.2) is 0 Å². The van der Waals surface area contributed by atoms with Gasteiger partial charge in [0.1, 0.15) is 5.82 Å². The lowest BCUT2D eigenvalue weighted by atomic mass is 10.2. The van der Waals surface area contributed by atoms with Crippen LogP contribution in [0, 0.1) is 5.82 Å². The quantitative estimate of drug-likeness (QED) is 0.847. The van der Waals surface area contributed by atoms with Crippen LogP contribution in [0.3, 0.4) is 0 Å². The number of hydrogen-bond acceptors (Lipinski definition) is 2. The van der Waals surface area contributed by atoms with Crippen molar-refractivity contribution >= 4 is 35.0 Å². The number of nitrogens with one attached hydrogen (secondary N) is 1. The van der Waals surface area contributed by atoms with Crippen molar-refractivity contribution in [1.82, 2.24) is 0 Å². The van der Waals surface area contributed by atoms with Crippen molar-refractivity contribution in [3.63, 3.8) is 0 Å². The molecule has 0 heterocycles. The van der Waals surface area contributed by atoms with Gasteiger partial charge in [-0.25, -0.2) is 4.39 Å². The third-order valence-electron chi connectivity index (χ3n) is 2.52. The molecule has 0 radical (unpaired) electrons. The SMILES string of the molecule is CSc1ccc(NC(=O)c2cc(Cl)ccc2F)cc1. The molecule has 2 aromatic rings. The molecule has 0 atom stereocenters. The van der Waals surface area contributed by atoms with Crippen molar-refractivity contribution in [3.05, 3.63) is 58.9 Å². The molecule has 0 saturated heterocycles. The molecule has 0 aliphatic rings. The minimum atomic E-state index is -0.595. The van der Waals surface area contributed by atoms with E-state index in [-0.39, 0.29) is 5.56 Å². The van der Waals surface area contributed by atoms with E-state index < -0.39 is 11.7 Å². The molecule has 2 nitrogen and oxygen atoms in total. The molecule has 1 N–H and O–H groups in total. The van der Waals surface area contributed by atoms with Crippen molar-refractivity contribution in [2.24, 2.45) is 0 Å². The smallest absolute Gasteiger partial charge is 0.258 e. The topological polar surface area (TPSA) is 29.1 Å². The zero-order valence-electron chi connectivity index (χ0n) is 10.1. The molecular weight excluding hydrogens is 285 g/mol. The molecule has 2 rings (SSSR count). The van der Waals surface area contributed by atoms with Crippen LogP contribution in [-0.4, -0.2) is 12.2 Å². The number of carbonyl (C=O) groups excluding carboxylic acids is 1. The van der Waals surface area contributed by atoms with Gasteiger partial charge in [0, 0.05) is 15.6 Å². The summed E-state index contributed by atoms with van der Waals surface area (Å²) in [5.74, 6) is -1.11. The number of anilines is 1. The summed E-state index contributed by atoms with van der Waals surface area (Å²) in [6, 6.07) is 11.2. The van der Waals surface area contributed by atoms with Gasteiger partial charge in [-0.05, 0) is 48.7 Å². The standard InChI is InChI=1S/C14H11ClFNOS/c1-19-11-5-3-10(4-6-11)17-14(18)12-8-9(15)2-7-13(12)16/h2-8H,1H3,(H,17,18). The third-order valence-corrected chi connectivity index (χ3v) is 3.50.